The molecular formula is C15H17ClN2O3. The number of benzene rings is 1. The Bertz CT molecular complexity index is 593. The van der Waals surface area contributed by atoms with Gasteiger partial charge in [0.05, 0.1) is 12.3 Å². The molecule has 1 aliphatic rings. The van der Waals surface area contributed by atoms with Gasteiger partial charge in [0.15, 0.2) is 0 Å². The van der Waals surface area contributed by atoms with Gasteiger partial charge in [-0.05, 0) is 23.6 Å². The Morgan fingerprint density at radius 2 is 1.81 bits per heavy atom. The number of carbonyl (C=O) groups is 2. The van der Waals surface area contributed by atoms with Crippen LogP contribution in [0.1, 0.15) is 25.3 Å². The molecule has 0 saturated heterocycles. The smallest absolute Gasteiger partial charge is 0.283 e. The maximum atomic E-state index is 12.3. The molecule has 2 rings (SSSR count). The van der Waals surface area contributed by atoms with Gasteiger partial charge in [0.1, 0.15) is 10.7 Å². The SMILES string of the molecule is CC(C)c1ccc(N2C(=O)C(Cl)=C(NCCO)C2=O)cc1. The fourth-order valence-electron chi connectivity index (χ4n) is 2.08. The van der Waals surface area contributed by atoms with Gasteiger partial charge in [-0.1, -0.05) is 37.6 Å². The second-order valence-electron chi connectivity index (χ2n) is 5.03. The minimum atomic E-state index is -0.556. The topological polar surface area (TPSA) is 69.6 Å². The monoisotopic (exact) mass is 308 g/mol. The number of hydrogen-bond donors (Lipinski definition) is 2. The minimum absolute atomic E-state index is 0.0312. The van der Waals surface area contributed by atoms with Gasteiger partial charge < -0.3 is 10.4 Å². The summed E-state index contributed by atoms with van der Waals surface area (Å²) in [7, 11) is 0. The number of aliphatic hydroxyl groups is 1. The minimum Gasteiger partial charge on any atom is -0.395 e. The molecule has 1 aliphatic heterocycles. The van der Waals surface area contributed by atoms with E-state index in [-0.39, 0.29) is 23.9 Å². The van der Waals surface area contributed by atoms with Crippen LogP contribution in [0.2, 0.25) is 0 Å². The van der Waals surface area contributed by atoms with Crippen molar-refractivity contribution in [2.45, 2.75) is 19.8 Å². The Hall–Kier alpha value is -1.85. The zero-order valence-electron chi connectivity index (χ0n) is 11.9. The molecule has 0 fully saturated rings. The van der Waals surface area contributed by atoms with E-state index in [9.17, 15) is 9.59 Å². The molecule has 0 radical (unpaired) electrons. The summed E-state index contributed by atoms with van der Waals surface area (Å²) >= 11 is 5.91. The van der Waals surface area contributed by atoms with E-state index < -0.39 is 11.8 Å². The third-order valence-electron chi connectivity index (χ3n) is 3.26. The van der Waals surface area contributed by atoms with Crippen LogP contribution in [0.15, 0.2) is 35.0 Å². The van der Waals surface area contributed by atoms with Crippen molar-refractivity contribution in [2.75, 3.05) is 18.1 Å². The molecule has 0 aromatic heterocycles. The molecule has 1 aromatic carbocycles. The predicted octanol–water partition coefficient (Wildman–Crippen LogP) is 1.72. The number of amides is 2. The average molecular weight is 309 g/mol. The molecule has 0 aliphatic carbocycles. The van der Waals surface area contributed by atoms with Crippen LogP contribution in [0.25, 0.3) is 0 Å². The standard InChI is InChI=1S/C15H17ClN2O3/c1-9(2)10-3-5-11(6-4-10)18-14(20)12(16)13(15(18)21)17-7-8-19/h3-6,9,17,19H,7-8H2,1-2H3. The zero-order valence-corrected chi connectivity index (χ0v) is 12.6. The first-order chi connectivity index (χ1) is 9.97. The highest BCUT2D eigenvalue weighted by Crippen LogP contribution is 2.29. The lowest BCUT2D eigenvalue weighted by atomic mass is 10.0. The van der Waals surface area contributed by atoms with Gasteiger partial charge in [-0.25, -0.2) is 4.90 Å². The van der Waals surface area contributed by atoms with Crippen molar-refractivity contribution in [3.63, 3.8) is 0 Å². The third kappa shape index (κ3) is 2.94. The van der Waals surface area contributed by atoms with E-state index in [1.54, 1.807) is 12.1 Å². The van der Waals surface area contributed by atoms with Crippen LogP contribution in [0.5, 0.6) is 0 Å². The number of hydrogen-bond acceptors (Lipinski definition) is 4. The van der Waals surface area contributed by atoms with Crippen molar-refractivity contribution in [1.82, 2.24) is 5.32 Å². The number of aliphatic hydroxyl groups excluding tert-OH is 1. The molecule has 5 nitrogen and oxygen atoms in total. The number of nitrogens with zero attached hydrogens (tertiary/aromatic N) is 1. The number of rotatable bonds is 5. The van der Waals surface area contributed by atoms with Crippen LogP contribution in [0.4, 0.5) is 5.69 Å². The van der Waals surface area contributed by atoms with Crippen LogP contribution in [-0.2, 0) is 9.59 Å². The lowest BCUT2D eigenvalue weighted by molar-refractivity contribution is -0.120. The summed E-state index contributed by atoms with van der Waals surface area (Å²) in [5.74, 6) is -0.692. The number of imide groups is 1. The molecule has 2 N–H and O–H groups in total. The van der Waals surface area contributed by atoms with E-state index in [1.807, 2.05) is 12.1 Å². The average Bonchev–Trinajstić information content (AvgIpc) is 2.68. The van der Waals surface area contributed by atoms with Gasteiger partial charge in [-0.15, -0.1) is 0 Å². The van der Waals surface area contributed by atoms with Crippen LogP contribution in [0, 0.1) is 0 Å². The predicted molar refractivity (Wildman–Crippen MR) is 81.0 cm³/mol. The summed E-state index contributed by atoms with van der Waals surface area (Å²) in [6.45, 7) is 4.13. The molecule has 21 heavy (non-hydrogen) atoms. The van der Waals surface area contributed by atoms with Crippen molar-refractivity contribution < 1.29 is 14.7 Å². The zero-order chi connectivity index (χ0) is 15.6. The Labute approximate surface area is 128 Å². The Balaban J connectivity index is 2.26. The quantitative estimate of drug-likeness (QED) is 0.813. The molecule has 0 unspecified atom stereocenters. The number of nitrogens with one attached hydrogen (secondary N) is 1. The lowest BCUT2D eigenvalue weighted by Gasteiger charge is -2.16. The lowest BCUT2D eigenvalue weighted by Crippen LogP contribution is -2.34. The second kappa shape index (κ2) is 6.28. The van der Waals surface area contributed by atoms with Gasteiger partial charge in [0.2, 0.25) is 0 Å². The van der Waals surface area contributed by atoms with Gasteiger partial charge in [-0.2, -0.15) is 0 Å². The fourth-order valence-corrected chi connectivity index (χ4v) is 2.31. The Morgan fingerprint density at radius 3 is 2.33 bits per heavy atom. The number of halogens is 1. The summed E-state index contributed by atoms with van der Waals surface area (Å²) in [5, 5.41) is 11.3. The molecule has 0 spiro atoms. The Morgan fingerprint density at radius 1 is 1.19 bits per heavy atom. The van der Waals surface area contributed by atoms with Gasteiger partial charge in [0.25, 0.3) is 11.8 Å². The van der Waals surface area contributed by atoms with Crippen molar-refractivity contribution in [3.05, 3.63) is 40.6 Å². The molecule has 0 bridgehead atoms. The van der Waals surface area contributed by atoms with Crippen LogP contribution in [-0.4, -0.2) is 30.1 Å². The summed E-state index contributed by atoms with van der Waals surface area (Å²) in [6, 6.07) is 7.22. The summed E-state index contributed by atoms with van der Waals surface area (Å²) < 4.78 is 0. The van der Waals surface area contributed by atoms with Crippen molar-refractivity contribution in [1.29, 1.82) is 0 Å². The highest BCUT2D eigenvalue weighted by molar-refractivity contribution is 6.52. The number of carbonyl (C=O) groups excluding carboxylic acids is 2. The van der Waals surface area contributed by atoms with Gasteiger partial charge in [-0.3, -0.25) is 9.59 Å². The van der Waals surface area contributed by atoms with Crippen molar-refractivity contribution >= 4 is 29.1 Å². The molecule has 0 atom stereocenters. The van der Waals surface area contributed by atoms with E-state index in [2.05, 4.69) is 19.2 Å². The maximum absolute atomic E-state index is 12.3. The molecule has 6 heteroatoms. The van der Waals surface area contributed by atoms with E-state index in [0.717, 1.165) is 10.5 Å². The molecule has 2 amide bonds. The normalized spacial score (nSPS) is 15.4. The molecule has 1 heterocycles. The van der Waals surface area contributed by atoms with E-state index in [1.165, 1.54) is 0 Å². The van der Waals surface area contributed by atoms with E-state index in [0.29, 0.717) is 11.6 Å². The maximum Gasteiger partial charge on any atom is 0.283 e. The first-order valence-corrected chi connectivity index (χ1v) is 7.08. The summed E-state index contributed by atoms with van der Waals surface area (Å²) in [5.41, 5.74) is 1.63. The fraction of sp³-hybridized carbons (Fsp3) is 0.333. The molecular weight excluding hydrogens is 292 g/mol. The van der Waals surface area contributed by atoms with Gasteiger partial charge >= 0.3 is 0 Å². The van der Waals surface area contributed by atoms with Crippen molar-refractivity contribution in [2.24, 2.45) is 0 Å². The Kier molecular flexibility index (Phi) is 4.65. The second-order valence-corrected chi connectivity index (χ2v) is 5.41. The van der Waals surface area contributed by atoms with Crippen molar-refractivity contribution in [3.8, 4) is 0 Å². The summed E-state index contributed by atoms with van der Waals surface area (Å²) in [6.07, 6.45) is 0. The molecule has 112 valence electrons. The first kappa shape index (κ1) is 15.5. The third-order valence-corrected chi connectivity index (χ3v) is 3.61. The summed E-state index contributed by atoms with van der Waals surface area (Å²) in [4.78, 5) is 25.4. The highest BCUT2D eigenvalue weighted by Gasteiger charge is 2.38. The van der Waals surface area contributed by atoms with E-state index >= 15 is 0 Å². The molecule has 0 saturated carbocycles. The first-order valence-electron chi connectivity index (χ1n) is 6.70. The molecule has 1 aromatic rings. The van der Waals surface area contributed by atoms with Gasteiger partial charge in [0, 0.05) is 6.54 Å². The number of anilines is 1. The van der Waals surface area contributed by atoms with Crippen LogP contribution >= 0.6 is 11.6 Å². The van der Waals surface area contributed by atoms with Crippen LogP contribution in [0.3, 0.4) is 0 Å². The largest absolute Gasteiger partial charge is 0.395 e. The highest BCUT2D eigenvalue weighted by atomic mass is 35.5. The van der Waals surface area contributed by atoms with E-state index in [4.69, 9.17) is 16.7 Å². The van der Waals surface area contributed by atoms with Crippen LogP contribution < -0.4 is 10.2 Å².